The molecular weight excluding hydrogens is 620 g/mol. The van der Waals surface area contributed by atoms with E-state index in [1.165, 1.54) is 16.7 Å². The van der Waals surface area contributed by atoms with Gasteiger partial charge in [-0.1, -0.05) is 19.9 Å². The van der Waals surface area contributed by atoms with Crippen LogP contribution in [0.3, 0.4) is 0 Å². The standard InChI is InChI=1S/C30H31F2N9O4S/c1-17(2)25-27(18(3)8-9-34-25)41-29-20(12-22(32)26(36-29)24-21(31)6-5-7-23(24)42)28(37-30(41)43)39-11-10-38(4)13-19(39)14-46(44,45)40-16-33-15-35-40/h5-9,12,15-17,19,42H,10-11,13-14H2,1-4H3. The van der Waals surface area contributed by atoms with Crippen LogP contribution in [0.25, 0.3) is 28.0 Å². The van der Waals surface area contributed by atoms with E-state index in [0.717, 1.165) is 28.9 Å². The van der Waals surface area contributed by atoms with Crippen molar-refractivity contribution in [1.82, 2.24) is 38.6 Å². The molecule has 1 aromatic carbocycles. The first-order chi connectivity index (χ1) is 21.9. The number of hydrogen-bond donors (Lipinski definition) is 1. The molecule has 1 fully saturated rings. The lowest BCUT2D eigenvalue weighted by Gasteiger charge is -2.40. The topological polar surface area (TPSA) is 152 Å². The number of hydrogen-bond acceptors (Lipinski definition) is 11. The molecule has 5 aromatic rings. The highest BCUT2D eigenvalue weighted by atomic mass is 32.2. The maximum Gasteiger partial charge on any atom is 0.355 e. The molecule has 6 rings (SSSR count). The van der Waals surface area contributed by atoms with Crippen LogP contribution in [-0.2, 0) is 10.0 Å². The number of fused-ring (bicyclic) bond motifs is 1. The van der Waals surface area contributed by atoms with Gasteiger partial charge in [-0.2, -0.15) is 4.98 Å². The number of aryl methyl sites for hydroxylation is 1. The number of anilines is 1. The second-order valence-corrected chi connectivity index (χ2v) is 13.4. The van der Waals surface area contributed by atoms with Gasteiger partial charge in [-0.25, -0.2) is 36.5 Å². The van der Waals surface area contributed by atoms with Gasteiger partial charge in [-0.3, -0.25) is 4.98 Å². The van der Waals surface area contributed by atoms with Crippen molar-refractivity contribution in [3.63, 3.8) is 0 Å². The van der Waals surface area contributed by atoms with Crippen LogP contribution in [0.5, 0.6) is 5.75 Å². The molecule has 0 saturated carbocycles. The van der Waals surface area contributed by atoms with E-state index >= 15 is 8.78 Å². The number of likely N-dealkylation sites (N-methyl/N-ethyl adjacent to an activating group) is 1. The fourth-order valence-corrected chi connectivity index (χ4v) is 7.13. The van der Waals surface area contributed by atoms with E-state index < -0.39 is 56.1 Å². The summed E-state index contributed by atoms with van der Waals surface area (Å²) in [6, 6.07) is 5.62. The molecule has 0 radical (unpaired) electrons. The van der Waals surface area contributed by atoms with Crippen molar-refractivity contribution < 1.29 is 22.3 Å². The number of pyridine rings is 2. The highest BCUT2D eigenvalue weighted by molar-refractivity contribution is 7.89. The average Bonchev–Trinajstić information content (AvgIpc) is 3.54. The highest BCUT2D eigenvalue weighted by Crippen LogP contribution is 2.37. The number of halogens is 2. The third-order valence-electron chi connectivity index (χ3n) is 8.00. The van der Waals surface area contributed by atoms with Crippen LogP contribution in [0.4, 0.5) is 14.6 Å². The molecule has 0 amide bonds. The van der Waals surface area contributed by atoms with Gasteiger partial charge >= 0.3 is 5.69 Å². The first-order valence-electron chi connectivity index (χ1n) is 14.5. The van der Waals surface area contributed by atoms with Crippen LogP contribution < -0.4 is 10.6 Å². The molecule has 0 spiro atoms. The fraction of sp³-hybridized carbons (Fsp3) is 0.333. The minimum atomic E-state index is -3.98. The SMILES string of the molecule is Cc1ccnc(C(C)C)c1-n1c(=O)nc(N2CCN(C)CC2CS(=O)(=O)n2cncn2)c2cc(F)c(-c3c(O)cccc3F)nc21. The Morgan fingerprint density at radius 3 is 2.59 bits per heavy atom. The zero-order chi connectivity index (χ0) is 32.9. The second-order valence-electron chi connectivity index (χ2n) is 11.5. The summed E-state index contributed by atoms with van der Waals surface area (Å²) >= 11 is 0. The predicted octanol–water partition coefficient (Wildman–Crippen LogP) is 2.85. The molecule has 1 aliphatic rings. The predicted molar refractivity (Wildman–Crippen MR) is 167 cm³/mol. The number of aromatic hydroxyl groups is 1. The zero-order valence-corrected chi connectivity index (χ0v) is 26.3. The van der Waals surface area contributed by atoms with E-state index in [-0.39, 0.29) is 35.9 Å². The smallest absolute Gasteiger partial charge is 0.355 e. The molecule has 1 saturated heterocycles. The van der Waals surface area contributed by atoms with E-state index in [2.05, 4.69) is 25.0 Å². The molecule has 1 unspecified atom stereocenters. The minimum Gasteiger partial charge on any atom is -0.507 e. The summed E-state index contributed by atoms with van der Waals surface area (Å²) in [5, 5.41) is 14.4. The Hall–Kier alpha value is -4.83. The van der Waals surface area contributed by atoms with Crippen molar-refractivity contribution in [2.24, 2.45) is 0 Å². The van der Waals surface area contributed by atoms with Gasteiger partial charge in [0.1, 0.15) is 35.7 Å². The zero-order valence-electron chi connectivity index (χ0n) is 25.5. The molecule has 4 aromatic heterocycles. The Labute approximate surface area is 262 Å². The Balaban J connectivity index is 1.64. The van der Waals surface area contributed by atoms with E-state index in [1.54, 1.807) is 24.1 Å². The van der Waals surface area contributed by atoms with Crippen LogP contribution in [0, 0.1) is 18.6 Å². The maximum absolute atomic E-state index is 16.0. The van der Waals surface area contributed by atoms with Crippen LogP contribution in [-0.4, -0.2) is 90.6 Å². The summed E-state index contributed by atoms with van der Waals surface area (Å²) in [7, 11) is -2.14. The number of nitrogens with zero attached hydrogens (tertiary/aromatic N) is 9. The summed E-state index contributed by atoms with van der Waals surface area (Å²) in [6.07, 6.45) is 3.81. The molecule has 16 heteroatoms. The number of phenols is 1. The van der Waals surface area contributed by atoms with Gasteiger partial charge in [-0.15, -0.1) is 9.19 Å². The van der Waals surface area contributed by atoms with Crippen molar-refractivity contribution in [3.05, 3.63) is 82.6 Å². The van der Waals surface area contributed by atoms with Gasteiger partial charge in [0.05, 0.1) is 34.1 Å². The van der Waals surface area contributed by atoms with Gasteiger partial charge < -0.3 is 14.9 Å². The van der Waals surface area contributed by atoms with Gasteiger partial charge in [0.25, 0.3) is 10.0 Å². The molecule has 240 valence electrons. The quantitative estimate of drug-likeness (QED) is 0.277. The van der Waals surface area contributed by atoms with Gasteiger partial charge in [0.2, 0.25) is 0 Å². The minimum absolute atomic E-state index is 0.0199. The van der Waals surface area contributed by atoms with Crippen LogP contribution >= 0.6 is 0 Å². The Morgan fingerprint density at radius 1 is 1.11 bits per heavy atom. The molecule has 5 heterocycles. The molecule has 13 nitrogen and oxygen atoms in total. The van der Waals surface area contributed by atoms with E-state index in [4.69, 9.17) is 0 Å². The lowest BCUT2D eigenvalue weighted by atomic mass is 10.0. The number of aromatic nitrogens is 7. The summed E-state index contributed by atoms with van der Waals surface area (Å²) in [5.74, 6) is -2.96. The average molecular weight is 652 g/mol. The third-order valence-corrected chi connectivity index (χ3v) is 9.56. The number of phenolic OH excluding ortho intramolecular Hbond substituents is 1. The van der Waals surface area contributed by atoms with Crippen molar-refractivity contribution in [2.45, 2.75) is 32.7 Å². The van der Waals surface area contributed by atoms with Crippen molar-refractivity contribution in [3.8, 4) is 22.7 Å². The Morgan fingerprint density at radius 2 is 1.89 bits per heavy atom. The number of benzene rings is 1. The lowest BCUT2D eigenvalue weighted by Crippen LogP contribution is -2.55. The van der Waals surface area contributed by atoms with Crippen LogP contribution in [0.2, 0.25) is 0 Å². The second kappa shape index (κ2) is 11.8. The van der Waals surface area contributed by atoms with E-state index in [0.29, 0.717) is 23.5 Å². The number of piperazine rings is 1. The van der Waals surface area contributed by atoms with E-state index in [1.807, 2.05) is 25.8 Å². The summed E-state index contributed by atoms with van der Waals surface area (Å²) < 4.78 is 59.6. The van der Waals surface area contributed by atoms with Crippen LogP contribution in [0.15, 0.2) is 54.0 Å². The Bertz CT molecular complexity index is 2100. The first kappa shape index (κ1) is 31.2. The lowest BCUT2D eigenvalue weighted by molar-refractivity contribution is 0.275. The summed E-state index contributed by atoms with van der Waals surface area (Å²) in [5.41, 5.74) is -0.223. The normalized spacial score (nSPS) is 16.1. The Kier molecular flexibility index (Phi) is 8.02. The molecule has 1 N–H and O–H groups in total. The molecule has 0 aliphatic carbocycles. The fourth-order valence-electron chi connectivity index (χ4n) is 5.83. The van der Waals surface area contributed by atoms with Crippen molar-refractivity contribution >= 4 is 26.9 Å². The molecule has 46 heavy (non-hydrogen) atoms. The number of rotatable bonds is 7. The van der Waals surface area contributed by atoms with Gasteiger partial charge in [0.15, 0.2) is 11.5 Å². The largest absolute Gasteiger partial charge is 0.507 e. The third kappa shape index (κ3) is 5.47. The highest BCUT2D eigenvalue weighted by Gasteiger charge is 2.34. The van der Waals surface area contributed by atoms with Crippen molar-refractivity contribution in [2.75, 3.05) is 37.3 Å². The molecule has 0 bridgehead atoms. The van der Waals surface area contributed by atoms with Crippen LogP contribution in [0.1, 0.15) is 31.0 Å². The molecule has 1 atom stereocenters. The van der Waals surface area contributed by atoms with Gasteiger partial charge in [-0.05, 0) is 49.7 Å². The summed E-state index contributed by atoms with van der Waals surface area (Å²) in [4.78, 5) is 34.9. The van der Waals surface area contributed by atoms with Crippen molar-refractivity contribution in [1.29, 1.82) is 0 Å². The van der Waals surface area contributed by atoms with E-state index in [9.17, 15) is 18.3 Å². The summed E-state index contributed by atoms with van der Waals surface area (Å²) in [6.45, 7) is 6.61. The molecule has 1 aliphatic heterocycles. The first-order valence-corrected chi connectivity index (χ1v) is 16.1. The molecular formula is C30H31F2N9O4S. The maximum atomic E-state index is 16.0. The van der Waals surface area contributed by atoms with Gasteiger partial charge in [0, 0.05) is 25.8 Å². The monoisotopic (exact) mass is 651 g/mol.